The van der Waals surface area contributed by atoms with Crippen molar-refractivity contribution in [1.29, 1.82) is 0 Å². The van der Waals surface area contributed by atoms with Gasteiger partial charge in [-0.05, 0) is 37.8 Å². The molecule has 0 N–H and O–H groups in total. The van der Waals surface area contributed by atoms with E-state index in [1.165, 1.54) is 0 Å². The van der Waals surface area contributed by atoms with Gasteiger partial charge in [-0.2, -0.15) is 0 Å². The molecule has 0 fully saturated rings. The average Bonchev–Trinajstić information content (AvgIpc) is 2.62. The Morgan fingerprint density at radius 2 is 1.87 bits per heavy atom. The molecular formula is C12H10N2S. The lowest BCUT2D eigenvalue weighted by Crippen LogP contribution is -1.84. The second kappa shape index (κ2) is 4.24. The molecule has 0 aliphatic rings. The van der Waals surface area contributed by atoms with Crippen LogP contribution in [0.4, 0.5) is 0 Å². The van der Waals surface area contributed by atoms with Crippen molar-refractivity contribution in [3.8, 4) is 11.8 Å². The maximum absolute atomic E-state index is 4.30. The molecule has 0 aliphatic heterocycles. The van der Waals surface area contributed by atoms with Crippen LogP contribution in [0.15, 0.2) is 23.6 Å². The van der Waals surface area contributed by atoms with Crippen LogP contribution in [0.5, 0.6) is 0 Å². The molecule has 0 amide bonds. The fourth-order valence-electron chi connectivity index (χ4n) is 1.16. The van der Waals surface area contributed by atoms with Crippen LogP contribution in [0.25, 0.3) is 0 Å². The molecule has 0 aliphatic carbocycles. The maximum Gasteiger partial charge on any atom is 0.124 e. The summed E-state index contributed by atoms with van der Waals surface area (Å²) in [4.78, 5) is 8.56. The Morgan fingerprint density at radius 3 is 2.53 bits per heavy atom. The van der Waals surface area contributed by atoms with E-state index in [0.29, 0.717) is 0 Å². The first-order valence-corrected chi connectivity index (χ1v) is 5.50. The van der Waals surface area contributed by atoms with Gasteiger partial charge in [0.1, 0.15) is 11.4 Å². The molecule has 2 aromatic rings. The molecule has 0 bridgehead atoms. The van der Waals surface area contributed by atoms with Gasteiger partial charge < -0.3 is 0 Å². The van der Waals surface area contributed by atoms with Crippen LogP contribution in [0.1, 0.15) is 22.1 Å². The molecule has 0 aromatic carbocycles. The highest BCUT2D eigenvalue weighted by atomic mass is 32.1. The maximum atomic E-state index is 4.30. The zero-order valence-corrected chi connectivity index (χ0v) is 9.43. The van der Waals surface area contributed by atoms with Gasteiger partial charge in [0.05, 0.1) is 5.01 Å². The molecule has 2 aromatic heterocycles. The summed E-state index contributed by atoms with van der Waals surface area (Å²) >= 11 is 1.61. The zero-order chi connectivity index (χ0) is 10.7. The van der Waals surface area contributed by atoms with E-state index in [-0.39, 0.29) is 0 Å². The Morgan fingerprint density at radius 1 is 1.07 bits per heavy atom. The van der Waals surface area contributed by atoms with E-state index in [1.807, 2.05) is 37.4 Å². The number of pyridine rings is 1. The van der Waals surface area contributed by atoms with E-state index in [9.17, 15) is 0 Å². The molecule has 2 heterocycles. The number of aryl methyl sites for hydroxylation is 2. The normalized spacial score (nSPS) is 9.47. The van der Waals surface area contributed by atoms with Gasteiger partial charge in [0.25, 0.3) is 0 Å². The summed E-state index contributed by atoms with van der Waals surface area (Å²) in [5.41, 5.74) is 2.60. The predicted octanol–water partition coefficient (Wildman–Crippen LogP) is 2.55. The SMILES string of the molecule is Cc1cccc(C#Cc2csc(C)n2)n1. The molecule has 0 saturated carbocycles. The molecule has 2 nitrogen and oxygen atoms in total. The Balaban J connectivity index is 2.25. The highest BCUT2D eigenvalue weighted by Crippen LogP contribution is 2.06. The molecule has 0 radical (unpaired) electrons. The summed E-state index contributed by atoms with van der Waals surface area (Å²) in [6.45, 7) is 3.93. The molecule has 0 saturated heterocycles. The van der Waals surface area contributed by atoms with Gasteiger partial charge in [-0.1, -0.05) is 6.07 Å². The molecule has 0 spiro atoms. The minimum absolute atomic E-state index is 0.792. The van der Waals surface area contributed by atoms with Crippen molar-refractivity contribution < 1.29 is 0 Å². The fourth-order valence-corrected chi connectivity index (χ4v) is 1.71. The lowest BCUT2D eigenvalue weighted by atomic mass is 10.3. The zero-order valence-electron chi connectivity index (χ0n) is 8.61. The van der Waals surface area contributed by atoms with Crippen LogP contribution < -0.4 is 0 Å². The smallest absolute Gasteiger partial charge is 0.124 e. The predicted molar refractivity (Wildman–Crippen MR) is 61.8 cm³/mol. The van der Waals surface area contributed by atoms with Crippen molar-refractivity contribution in [2.75, 3.05) is 0 Å². The van der Waals surface area contributed by atoms with Crippen LogP contribution in [-0.4, -0.2) is 9.97 Å². The molecule has 0 unspecified atom stereocenters. The second-order valence-corrected chi connectivity index (χ2v) is 4.23. The Labute approximate surface area is 93.0 Å². The lowest BCUT2D eigenvalue weighted by Gasteiger charge is -1.90. The topological polar surface area (TPSA) is 25.8 Å². The van der Waals surface area contributed by atoms with Crippen molar-refractivity contribution in [3.63, 3.8) is 0 Å². The number of nitrogens with zero attached hydrogens (tertiary/aromatic N) is 2. The second-order valence-electron chi connectivity index (χ2n) is 3.17. The Hall–Kier alpha value is -1.66. The summed E-state index contributed by atoms with van der Waals surface area (Å²) < 4.78 is 0. The van der Waals surface area contributed by atoms with Crippen LogP contribution >= 0.6 is 11.3 Å². The molecule has 0 atom stereocenters. The fraction of sp³-hybridized carbons (Fsp3) is 0.167. The molecule has 2 rings (SSSR count). The van der Waals surface area contributed by atoms with Gasteiger partial charge >= 0.3 is 0 Å². The third-order valence-corrected chi connectivity index (χ3v) is 2.60. The van der Waals surface area contributed by atoms with Gasteiger partial charge in [-0.3, -0.25) is 0 Å². The van der Waals surface area contributed by atoms with Crippen molar-refractivity contribution in [2.24, 2.45) is 0 Å². The van der Waals surface area contributed by atoms with Crippen molar-refractivity contribution in [3.05, 3.63) is 45.7 Å². The van der Waals surface area contributed by atoms with E-state index >= 15 is 0 Å². The third-order valence-electron chi connectivity index (χ3n) is 1.83. The van der Waals surface area contributed by atoms with E-state index in [1.54, 1.807) is 11.3 Å². The van der Waals surface area contributed by atoms with Crippen molar-refractivity contribution in [1.82, 2.24) is 9.97 Å². The van der Waals surface area contributed by atoms with Crippen LogP contribution in [0.3, 0.4) is 0 Å². The number of thiazole rings is 1. The average molecular weight is 214 g/mol. The van der Waals surface area contributed by atoms with Gasteiger partial charge in [0.2, 0.25) is 0 Å². The summed E-state index contributed by atoms with van der Waals surface area (Å²) in [6.07, 6.45) is 0. The summed E-state index contributed by atoms with van der Waals surface area (Å²) in [5.74, 6) is 5.99. The molecule has 3 heteroatoms. The van der Waals surface area contributed by atoms with Gasteiger partial charge in [0, 0.05) is 11.1 Å². The van der Waals surface area contributed by atoms with E-state index in [4.69, 9.17) is 0 Å². The first-order chi connectivity index (χ1) is 7.24. The molecular weight excluding hydrogens is 204 g/mol. The number of hydrogen-bond donors (Lipinski definition) is 0. The van der Waals surface area contributed by atoms with Crippen LogP contribution in [0, 0.1) is 25.7 Å². The summed E-state index contributed by atoms with van der Waals surface area (Å²) in [7, 11) is 0. The van der Waals surface area contributed by atoms with Crippen LogP contribution in [-0.2, 0) is 0 Å². The van der Waals surface area contributed by atoms with Crippen molar-refractivity contribution in [2.45, 2.75) is 13.8 Å². The highest BCUT2D eigenvalue weighted by Gasteiger charge is 1.93. The number of aromatic nitrogens is 2. The standard InChI is InChI=1S/C12H10N2S/c1-9-4-3-5-11(13-9)6-7-12-8-15-10(2)14-12/h3-5,8H,1-2H3. The van der Waals surface area contributed by atoms with Gasteiger partial charge in [-0.15, -0.1) is 11.3 Å². The molecule has 15 heavy (non-hydrogen) atoms. The first kappa shape index (κ1) is 9.88. The van der Waals surface area contributed by atoms with Crippen LogP contribution in [0.2, 0.25) is 0 Å². The lowest BCUT2D eigenvalue weighted by molar-refractivity contribution is 1.18. The Kier molecular flexibility index (Phi) is 2.79. The molecule has 74 valence electrons. The third kappa shape index (κ3) is 2.64. The summed E-state index contributed by atoms with van der Waals surface area (Å²) in [5, 5.41) is 2.99. The van der Waals surface area contributed by atoms with Gasteiger partial charge in [0.15, 0.2) is 0 Å². The van der Waals surface area contributed by atoms with E-state index < -0.39 is 0 Å². The number of rotatable bonds is 0. The van der Waals surface area contributed by atoms with Gasteiger partial charge in [-0.25, -0.2) is 9.97 Å². The Bertz CT molecular complexity index is 532. The number of hydrogen-bond acceptors (Lipinski definition) is 3. The quantitative estimate of drug-likeness (QED) is 0.630. The van der Waals surface area contributed by atoms with E-state index in [2.05, 4.69) is 21.8 Å². The van der Waals surface area contributed by atoms with Crippen molar-refractivity contribution >= 4 is 11.3 Å². The largest absolute Gasteiger partial charge is 0.245 e. The minimum Gasteiger partial charge on any atom is -0.245 e. The summed E-state index contributed by atoms with van der Waals surface area (Å²) in [6, 6.07) is 5.82. The highest BCUT2D eigenvalue weighted by molar-refractivity contribution is 7.09. The first-order valence-electron chi connectivity index (χ1n) is 4.62. The monoisotopic (exact) mass is 214 g/mol. The minimum atomic E-state index is 0.792. The van der Waals surface area contributed by atoms with E-state index in [0.717, 1.165) is 22.1 Å².